The van der Waals surface area contributed by atoms with E-state index in [2.05, 4.69) is 24.3 Å². The van der Waals surface area contributed by atoms with Crippen molar-refractivity contribution in [2.45, 2.75) is 44.3 Å². The summed E-state index contributed by atoms with van der Waals surface area (Å²) in [6, 6.07) is 8.50. The van der Waals surface area contributed by atoms with Crippen molar-refractivity contribution in [2.75, 3.05) is 7.11 Å². The number of ether oxygens (including phenoxy) is 1. The number of rotatable bonds is 5. The third-order valence-electron chi connectivity index (χ3n) is 3.62. The third kappa shape index (κ3) is 2.13. The molecule has 0 fully saturated rings. The van der Waals surface area contributed by atoms with Crippen LogP contribution in [-0.2, 0) is 11.2 Å². The lowest BCUT2D eigenvalue weighted by molar-refractivity contribution is -0.0212. The monoisotopic (exact) mass is 220 g/mol. The van der Waals surface area contributed by atoms with Crippen molar-refractivity contribution >= 4 is 0 Å². The zero-order chi connectivity index (χ0) is 11.5. The lowest BCUT2D eigenvalue weighted by atomic mass is 9.74. The van der Waals surface area contributed by atoms with Gasteiger partial charge >= 0.3 is 0 Å². The Hall–Kier alpha value is -0.860. The van der Waals surface area contributed by atoms with Gasteiger partial charge in [-0.2, -0.15) is 0 Å². The van der Waals surface area contributed by atoms with E-state index < -0.39 is 0 Å². The van der Waals surface area contributed by atoms with Gasteiger partial charge in [0.25, 0.3) is 0 Å². The number of benzene rings is 1. The molecule has 0 amide bonds. The summed E-state index contributed by atoms with van der Waals surface area (Å²) in [5.74, 6) is 0.524. The van der Waals surface area contributed by atoms with E-state index >= 15 is 0 Å². The molecule has 3 unspecified atom stereocenters. The maximum Gasteiger partial charge on any atom is 0.0827 e. The Morgan fingerprint density at radius 3 is 2.81 bits per heavy atom. The molecule has 0 bridgehead atoms. The molecular weight excluding hydrogens is 200 g/mol. The van der Waals surface area contributed by atoms with Crippen molar-refractivity contribution in [2.24, 2.45) is 0 Å². The predicted octanol–water partition coefficient (Wildman–Crippen LogP) is 2.50. The van der Waals surface area contributed by atoms with Crippen molar-refractivity contribution < 1.29 is 9.84 Å². The van der Waals surface area contributed by atoms with Gasteiger partial charge in [0.15, 0.2) is 0 Å². The molecule has 0 aliphatic heterocycles. The molecule has 1 aliphatic rings. The minimum Gasteiger partial charge on any atom is -0.390 e. The average Bonchev–Trinajstić information content (AvgIpc) is 2.27. The van der Waals surface area contributed by atoms with Gasteiger partial charge in [-0.15, -0.1) is 0 Å². The van der Waals surface area contributed by atoms with Gasteiger partial charge in [0.1, 0.15) is 0 Å². The molecule has 1 aromatic carbocycles. The Morgan fingerprint density at radius 2 is 2.19 bits per heavy atom. The van der Waals surface area contributed by atoms with E-state index in [0.717, 1.165) is 19.3 Å². The van der Waals surface area contributed by atoms with Crippen LogP contribution >= 0.6 is 0 Å². The topological polar surface area (TPSA) is 29.5 Å². The van der Waals surface area contributed by atoms with Crippen molar-refractivity contribution in [1.82, 2.24) is 0 Å². The summed E-state index contributed by atoms with van der Waals surface area (Å²) in [6.45, 7) is 2.05. The molecule has 0 spiro atoms. The van der Waals surface area contributed by atoms with Crippen LogP contribution in [0.15, 0.2) is 24.3 Å². The highest BCUT2D eigenvalue weighted by molar-refractivity contribution is 5.39. The molecule has 2 heteroatoms. The summed E-state index contributed by atoms with van der Waals surface area (Å²) in [5, 5.41) is 10.0. The average molecular weight is 220 g/mol. The molecule has 0 heterocycles. The van der Waals surface area contributed by atoms with Crippen LogP contribution in [0.2, 0.25) is 0 Å². The first kappa shape index (κ1) is 11.6. The van der Waals surface area contributed by atoms with E-state index in [1.54, 1.807) is 7.11 Å². The molecule has 0 saturated heterocycles. The summed E-state index contributed by atoms with van der Waals surface area (Å²) in [6.07, 6.45) is 2.43. The fraction of sp³-hybridized carbons (Fsp3) is 0.571. The number of hydrogen-bond donors (Lipinski definition) is 1. The number of hydrogen-bond acceptors (Lipinski definition) is 2. The van der Waals surface area contributed by atoms with Crippen LogP contribution < -0.4 is 0 Å². The van der Waals surface area contributed by atoms with E-state index in [4.69, 9.17) is 4.74 Å². The quantitative estimate of drug-likeness (QED) is 0.826. The summed E-state index contributed by atoms with van der Waals surface area (Å²) < 4.78 is 5.27. The molecular formula is C14H20O2. The zero-order valence-electron chi connectivity index (χ0n) is 10.0. The van der Waals surface area contributed by atoms with Gasteiger partial charge in [-0.05, 0) is 36.3 Å². The fourth-order valence-electron chi connectivity index (χ4n) is 2.61. The van der Waals surface area contributed by atoms with Gasteiger partial charge in [-0.3, -0.25) is 0 Å². The summed E-state index contributed by atoms with van der Waals surface area (Å²) in [5.41, 5.74) is 2.85. The van der Waals surface area contributed by atoms with Gasteiger partial charge in [-0.25, -0.2) is 0 Å². The standard InChI is InChI=1S/C14H20O2/c1-3-14(16-2)13(15)9-11-8-10-6-4-5-7-12(10)11/h4-7,11,13-15H,3,8-9H2,1-2H3. The van der Waals surface area contributed by atoms with Crippen LogP contribution in [-0.4, -0.2) is 24.4 Å². The molecule has 0 aromatic heterocycles. The predicted molar refractivity (Wildman–Crippen MR) is 64.6 cm³/mol. The van der Waals surface area contributed by atoms with Crippen LogP contribution in [0.4, 0.5) is 0 Å². The number of aliphatic hydroxyl groups excluding tert-OH is 1. The summed E-state index contributed by atoms with van der Waals surface area (Å²) in [4.78, 5) is 0. The SMILES string of the molecule is CCC(OC)C(O)CC1Cc2ccccc21. The molecule has 0 radical (unpaired) electrons. The number of fused-ring (bicyclic) bond motifs is 1. The van der Waals surface area contributed by atoms with E-state index in [1.165, 1.54) is 11.1 Å². The largest absolute Gasteiger partial charge is 0.390 e. The second kappa shape index (κ2) is 4.98. The second-order valence-electron chi connectivity index (χ2n) is 4.59. The zero-order valence-corrected chi connectivity index (χ0v) is 10.0. The van der Waals surface area contributed by atoms with E-state index in [0.29, 0.717) is 5.92 Å². The first-order valence-corrected chi connectivity index (χ1v) is 6.05. The first-order valence-electron chi connectivity index (χ1n) is 6.05. The fourth-order valence-corrected chi connectivity index (χ4v) is 2.61. The number of aliphatic hydroxyl groups is 1. The lowest BCUT2D eigenvalue weighted by Crippen LogP contribution is -2.31. The molecule has 0 saturated carbocycles. The Balaban J connectivity index is 1.93. The maximum atomic E-state index is 10.0. The first-order chi connectivity index (χ1) is 7.76. The Bertz CT molecular complexity index is 344. The Kier molecular flexibility index (Phi) is 3.62. The van der Waals surface area contributed by atoms with Gasteiger partial charge in [0.05, 0.1) is 12.2 Å². The number of methoxy groups -OCH3 is 1. The highest BCUT2D eigenvalue weighted by Crippen LogP contribution is 2.38. The Labute approximate surface area is 97.3 Å². The molecule has 1 N–H and O–H groups in total. The third-order valence-corrected chi connectivity index (χ3v) is 3.62. The minimum atomic E-state index is -0.339. The van der Waals surface area contributed by atoms with Crippen molar-refractivity contribution in [3.8, 4) is 0 Å². The molecule has 16 heavy (non-hydrogen) atoms. The highest BCUT2D eigenvalue weighted by atomic mass is 16.5. The van der Waals surface area contributed by atoms with Crippen LogP contribution in [0.25, 0.3) is 0 Å². The molecule has 88 valence electrons. The van der Waals surface area contributed by atoms with Crippen LogP contribution in [0.3, 0.4) is 0 Å². The van der Waals surface area contributed by atoms with E-state index in [9.17, 15) is 5.11 Å². The van der Waals surface area contributed by atoms with Gasteiger partial charge in [-0.1, -0.05) is 31.2 Å². The summed E-state index contributed by atoms with van der Waals surface area (Å²) in [7, 11) is 1.67. The molecule has 3 atom stereocenters. The van der Waals surface area contributed by atoms with Crippen molar-refractivity contribution in [3.63, 3.8) is 0 Å². The highest BCUT2D eigenvalue weighted by Gasteiger charge is 2.29. The molecule has 2 rings (SSSR count). The Morgan fingerprint density at radius 1 is 1.44 bits per heavy atom. The van der Waals surface area contributed by atoms with Gasteiger partial charge in [0.2, 0.25) is 0 Å². The molecule has 2 nitrogen and oxygen atoms in total. The summed E-state index contributed by atoms with van der Waals surface area (Å²) >= 11 is 0. The van der Waals surface area contributed by atoms with Crippen LogP contribution in [0.1, 0.15) is 36.8 Å². The van der Waals surface area contributed by atoms with E-state index in [1.807, 2.05) is 6.92 Å². The maximum absolute atomic E-state index is 10.0. The van der Waals surface area contributed by atoms with Gasteiger partial charge in [0, 0.05) is 7.11 Å². The molecule has 1 aliphatic carbocycles. The van der Waals surface area contributed by atoms with Crippen LogP contribution in [0, 0.1) is 0 Å². The van der Waals surface area contributed by atoms with Crippen molar-refractivity contribution in [1.29, 1.82) is 0 Å². The van der Waals surface area contributed by atoms with E-state index in [-0.39, 0.29) is 12.2 Å². The normalized spacial score (nSPS) is 22.1. The second-order valence-corrected chi connectivity index (χ2v) is 4.59. The van der Waals surface area contributed by atoms with Crippen molar-refractivity contribution in [3.05, 3.63) is 35.4 Å². The molecule has 1 aromatic rings. The lowest BCUT2D eigenvalue weighted by Gasteiger charge is -2.33. The van der Waals surface area contributed by atoms with Crippen LogP contribution in [0.5, 0.6) is 0 Å². The van der Waals surface area contributed by atoms with Gasteiger partial charge < -0.3 is 9.84 Å². The smallest absolute Gasteiger partial charge is 0.0827 e. The minimum absolute atomic E-state index is 0.0206.